The van der Waals surface area contributed by atoms with Crippen molar-refractivity contribution < 1.29 is 0 Å². The zero-order valence-electron chi connectivity index (χ0n) is 70.6. The summed E-state index contributed by atoms with van der Waals surface area (Å²) < 4.78 is 7.21. The smallest absolute Gasteiger partial charge is 0.0541 e. The van der Waals surface area contributed by atoms with Gasteiger partial charge >= 0.3 is 0 Å². The van der Waals surface area contributed by atoms with Gasteiger partial charge in [0.2, 0.25) is 0 Å². The zero-order chi connectivity index (χ0) is 83.4. The maximum Gasteiger partial charge on any atom is 0.0541 e. The molecule has 0 aliphatic carbocycles. The maximum atomic E-state index is 2.41. The molecule has 0 amide bonds. The number of fused-ring (bicyclic) bond motifs is 15. The molecule has 3 nitrogen and oxygen atoms in total. The number of benzene rings is 21. The number of rotatable bonds is 9. The summed E-state index contributed by atoms with van der Waals surface area (Å²) in [5, 5.41) is 23.2. The first-order chi connectivity index (χ1) is 60.9. The van der Waals surface area contributed by atoms with Gasteiger partial charge in [-0.25, -0.2) is 0 Å². The minimum atomic E-state index is 1.18. The third-order valence-corrected chi connectivity index (χ3v) is 25.7. The number of aryl methyl sites for hydroxylation is 7. The Bertz CT molecular complexity index is 8190. The van der Waals surface area contributed by atoms with Crippen molar-refractivity contribution in [3.8, 4) is 83.8 Å². The second-order valence-corrected chi connectivity index (χ2v) is 33.9. The van der Waals surface area contributed by atoms with Gasteiger partial charge in [-0.05, 0) is 283 Å². The van der Waals surface area contributed by atoms with Gasteiger partial charge in [-0.3, -0.25) is 0 Å². The lowest BCUT2D eigenvalue weighted by atomic mass is 9.85. The average Bonchev–Trinajstić information content (AvgIpc) is 0.813. The molecule has 0 unspecified atom stereocenters. The Kier molecular flexibility index (Phi) is 18.5. The minimum Gasteiger partial charge on any atom is -0.309 e. The molecule has 0 bridgehead atoms. The van der Waals surface area contributed by atoms with Crippen LogP contribution in [0.25, 0.3) is 214 Å². The summed E-state index contributed by atoms with van der Waals surface area (Å²) in [7, 11) is 0. The van der Waals surface area contributed by atoms with Crippen molar-refractivity contribution >= 4 is 130 Å². The van der Waals surface area contributed by atoms with E-state index in [1.165, 1.54) is 253 Å². The van der Waals surface area contributed by atoms with Crippen molar-refractivity contribution in [2.45, 2.75) is 48.5 Å². The van der Waals surface area contributed by atoms with Crippen molar-refractivity contribution in [1.29, 1.82) is 0 Å². The standard InChI is InChI=1S/C41H31N.2C40H29N/c1-26-13-20-34-37(25-26)41(29-9-5-4-6-10-29)33-12-8-7-11-32(33)40(34)30-16-18-31(19-17-30)42-38-21-14-27(2)23-35(38)36-24-28(3)15-22-39(36)42;1-26-16-22-37-35(24-26)36-25-27(2)17-23-38(36)41(37)30-20-18-29(19-21-30)40-33-14-8-6-12-31(33)39(28-10-4-3-5-11-28)32-13-7-9-15-34(32)40;1-26-16-22-34-36(25-26)40(28-10-4-3-5-11-28)33-14-7-6-13-32(33)39(34)29-18-20-30(21-19-29)41-37-15-9-8-12-31(37)35-24-27(2)17-23-38(35)41/h4-25H,1-3H3;2*3-25H,1-2H3. The summed E-state index contributed by atoms with van der Waals surface area (Å²) in [5.41, 5.74) is 35.2. The summed E-state index contributed by atoms with van der Waals surface area (Å²) in [6.07, 6.45) is 0. The summed E-state index contributed by atoms with van der Waals surface area (Å²) in [6, 6.07) is 152. The highest BCUT2D eigenvalue weighted by molar-refractivity contribution is 6.25. The molecule has 0 saturated carbocycles. The molecular weight excluding hydrogens is 1500 g/mol. The fourth-order valence-electron chi connectivity index (χ4n) is 20.1. The van der Waals surface area contributed by atoms with Crippen LogP contribution in [0.3, 0.4) is 0 Å². The van der Waals surface area contributed by atoms with Gasteiger partial charge in [0.15, 0.2) is 0 Å². The third kappa shape index (κ3) is 12.8. The Hall–Kier alpha value is -15.4. The van der Waals surface area contributed by atoms with Crippen LogP contribution in [0, 0.1) is 48.5 Å². The van der Waals surface area contributed by atoms with Gasteiger partial charge in [0.25, 0.3) is 0 Å². The third-order valence-electron chi connectivity index (χ3n) is 25.7. The highest BCUT2D eigenvalue weighted by Gasteiger charge is 2.24. The molecule has 0 atom stereocenters. The number of para-hydroxylation sites is 1. The summed E-state index contributed by atoms with van der Waals surface area (Å²) in [5.74, 6) is 0. The van der Waals surface area contributed by atoms with Crippen LogP contribution in [-0.4, -0.2) is 13.7 Å². The summed E-state index contributed by atoms with van der Waals surface area (Å²) in [6.45, 7) is 15.2. The zero-order valence-corrected chi connectivity index (χ0v) is 70.6. The van der Waals surface area contributed by atoms with Crippen molar-refractivity contribution in [3.63, 3.8) is 0 Å². The van der Waals surface area contributed by atoms with Gasteiger partial charge in [0, 0.05) is 49.4 Å². The first-order valence-corrected chi connectivity index (χ1v) is 43.3. The lowest BCUT2D eigenvalue weighted by molar-refractivity contribution is 1.18. The number of aromatic nitrogens is 3. The molecule has 124 heavy (non-hydrogen) atoms. The number of nitrogens with zero attached hydrogens (tertiary/aromatic N) is 3. The van der Waals surface area contributed by atoms with E-state index in [2.05, 4.69) is 475 Å². The molecule has 0 saturated heterocycles. The van der Waals surface area contributed by atoms with Gasteiger partial charge in [-0.1, -0.05) is 348 Å². The SMILES string of the molecule is Cc1ccc2c(-c3ccc(-n4c5ccc(C)cc5c5cc(C)ccc54)cc3)c3ccccc3c(-c3ccccc3)c2c1.Cc1ccc2c(-c3ccc(-n4c5ccccc5c5cc(C)ccc54)cc3)c3ccccc3c(-c3ccccc3)c2c1.Cc1ccc2c(c1)c1cc(C)ccc1n2-c1ccc(-c2c3ccccc3c(-c3ccccc3)c3ccccc23)cc1. The fourth-order valence-corrected chi connectivity index (χ4v) is 20.1. The van der Waals surface area contributed by atoms with E-state index in [1.807, 2.05) is 0 Å². The predicted octanol–water partition coefficient (Wildman–Crippen LogP) is 33.4. The highest BCUT2D eigenvalue weighted by Crippen LogP contribution is 2.49. The molecule has 21 aromatic carbocycles. The van der Waals surface area contributed by atoms with Crippen molar-refractivity contribution in [3.05, 3.63) is 451 Å². The molecule has 24 rings (SSSR count). The molecule has 0 N–H and O–H groups in total. The van der Waals surface area contributed by atoms with Gasteiger partial charge in [-0.15, -0.1) is 0 Å². The van der Waals surface area contributed by atoms with Crippen LogP contribution >= 0.6 is 0 Å². The largest absolute Gasteiger partial charge is 0.309 e. The van der Waals surface area contributed by atoms with E-state index in [0.717, 1.165) is 0 Å². The van der Waals surface area contributed by atoms with Crippen LogP contribution in [0.1, 0.15) is 38.9 Å². The Labute approximate surface area is 722 Å². The first kappa shape index (κ1) is 74.8. The Morgan fingerprint density at radius 2 is 0.290 bits per heavy atom. The molecule has 3 heteroatoms. The van der Waals surface area contributed by atoms with E-state index in [1.54, 1.807) is 0 Å². The molecule has 0 aliphatic rings. The van der Waals surface area contributed by atoms with Crippen LogP contribution in [0.5, 0.6) is 0 Å². The van der Waals surface area contributed by atoms with Crippen LogP contribution < -0.4 is 0 Å². The maximum absolute atomic E-state index is 2.41. The molecule has 3 heterocycles. The second-order valence-electron chi connectivity index (χ2n) is 33.9. The van der Waals surface area contributed by atoms with Crippen LogP contribution in [0.2, 0.25) is 0 Å². The topological polar surface area (TPSA) is 14.8 Å². The van der Waals surface area contributed by atoms with Gasteiger partial charge in [-0.2, -0.15) is 0 Å². The molecule has 0 aliphatic heterocycles. The molecule has 0 radical (unpaired) electrons. The van der Waals surface area contributed by atoms with E-state index in [9.17, 15) is 0 Å². The van der Waals surface area contributed by atoms with Crippen molar-refractivity contribution in [1.82, 2.24) is 13.7 Å². The van der Waals surface area contributed by atoms with E-state index in [-0.39, 0.29) is 0 Å². The quantitative estimate of drug-likeness (QED) is 0.128. The van der Waals surface area contributed by atoms with Crippen LogP contribution in [0.15, 0.2) is 413 Å². The summed E-state index contributed by atoms with van der Waals surface area (Å²) in [4.78, 5) is 0. The van der Waals surface area contributed by atoms with Crippen molar-refractivity contribution in [2.75, 3.05) is 0 Å². The molecule has 24 aromatic rings. The normalized spacial score (nSPS) is 11.7. The van der Waals surface area contributed by atoms with E-state index < -0.39 is 0 Å². The van der Waals surface area contributed by atoms with Crippen LogP contribution in [0.4, 0.5) is 0 Å². The Morgan fingerprint density at radius 3 is 0.540 bits per heavy atom. The van der Waals surface area contributed by atoms with Gasteiger partial charge < -0.3 is 13.7 Å². The fraction of sp³-hybridized carbons (Fsp3) is 0.0579. The lowest BCUT2D eigenvalue weighted by Crippen LogP contribution is -1.95. The van der Waals surface area contributed by atoms with E-state index in [0.29, 0.717) is 0 Å². The molecule has 0 spiro atoms. The van der Waals surface area contributed by atoms with Gasteiger partial charge in [0.05, 0.1) is 33.1 Å². The number of hydrogen-bond acceptors (Lipinski definition) is 0. The average molecular weight is 1590 g/mol. The van der Waals surface area contributed by atoms with E-state index in [4.69, 9.17) is 0 Å². The Morgan fingerprint density at radius 1 is 0.121 bits per heavy atom. The van der Waals surface area contributed by atoms with E-state index >= 15 is 0 Å². The highest BCUT2D eigenvalue weighted by atomic mass is 15.0. The molecule has 0 fully saturated rings. The molecular formula is C121H89N3. The lowest BCUT2D eigenvalue weighted by Gasteiger charge is -2.18. The first-order valence-electron chi connectivity index (χ1n) is 43.3. The predicted molar refractivity (Wildman–Crippen MR) is 533 cm³/mol. The monoisotopic (exact) mass is 1580 g/mol. The Balaban J connectivity index is 0.000000111. The van der Waals surface area contributed by atoms with Crippen molar-refractivity contribution in [2.24, 2.45) is 0 Å². The van der Waals surface area contributed by atoms with Crippen LogP contribution in [-0.2, 0) is 0 Å². The number of hydrogen-bond donors (Lipinski definition) is 0. The van der Waals surface area contributed by atoms with Gasteiger partial charge in [0.1, 0.15) is 0 Å². The second kappa shape index (κ2) is 30.7. The molecule has 588 valence electrons. The molecule has 3 aromatic heterocycles. The summed E-state index contributed by atoms with van der Waals surface area (Å²) >= 11 is 0. The minimum absolute atomic E-state index is 1.18.